The molecule has 2 aromatic heterocycles. The number of ether oxygens (including phenoxy) is 2. The average Bonchev–Trinajstić information content (AvgIpc) is 3.07. The number of hydrogen-bond acceptors (Lipinski definition) is 6. The largest absolute Gasteiger partial charge is 0.493 e. The number of benzene rings is 1. The molecule has 1 aromatic carbocycles. The van der Waals surface area contributed by atoms with Crippen molar-refractivity contribution in [3.8, 4) is 17.4 Å². The first-order chi connectivity index (χ1) is 14.9. The third-order valence-electron chi connectivity index (χ3n) is 5.21. The van der Waals surface area contributed by atoms with E-state index in [2.05, 4.69) is 27.0 Å². The lowest BCUT2D eigenvalue weighted by Crippen LogP contribution is -2.25. The lowest BCUT2D eigenvalue weighted by molar-refractivity contribution is -0.116. The number of fused-ring (bicyclic) bond motifs is 1. The minimum Gasteiger partial charge on any atom is -0.493 e. The Morgan fingerprint density at radius 2 is 1.94 bits per heavy atom. The number of rotatable bonds is 6. The molecule has 31 heavy (non-hydrogen) atoms. The molecule has 0 fully saturated rings. The molecule has 1 aliphatic heterocycles. The van der Waals surface area contributed by atoms with Crippen molar-refractivity contribution in [2.75, 3.05) is 19.0 Å². The van der Waals surface area contributed by atoms with Gasteiger partial charge >= 0.3 is 0 Å². The zero-order valence-corrected chi connectivity index (χ0v) is 18.1. The van der Waals surface area contributed by atoms with Gasteiger partial charge in [0.1, 0.15) is 12.4 Å². The highest BCUT2D eigenvalue weighted by atomic mass is 16.5. The molecule has 1 atom stereocenters. The molecule has 1 unspecified atom stereocenters. The van der Waals surface area contributed by atoms with E-state index in [-0.39, 0.29) is 11.8 Å². The average molecular weight is 419 g/mol. The Balaban J connectivity index is 1.81. The van der Waals surface area contributed by atoms with Crippen LogP contribution in [0.15, 0.2) is 36.9 Å². The van der Waals surface area contributed by atoms with Crippen LogP contribution < -0.4 is 14.8 Å². The summed E-state index contributed by atoms with van der Waals surface area (Å²) in [5.74, 6) is 2.01. The van der Waals surface area contributed by atoms with Crippen LogP contribution in [0.1, 0.15) is 40.5 Å². The van der Waals surface area contributed by atoms with Crippen molar-refractivity contribution in [2.45, 2.75) is 33.1 Å². The molecule has 0 bridgehead atoms. The first-order valence-corrected chi connectivity index (χ1v) is 10.0. The van der Waals surface area contributed by atoms with Gasteiger partial charge in [-0.3, -0.25) is 4.79 Å². The zero-order valence-electron chi connectivity index (χ0n) is 18.1. The van der Waals surface area contributed by atoms with Gasteiger partial charge in [0, 0.05) is 29.3 Å². The van der Waals surface area contributed by atoms with Gasteiger partial charge in [0.05, 0.1) is 12.8 Å². The van der Waals surface area contributed by atoms with Crippen LogP contribution >= 0.6 is 0 Å². The van der Waals surface area contributed by atoms with Gasteiger partial charge in [0.15, 0.2) is 11.5 Å². The summed E-state index contributed by atoms with van der Waals surface area (Å²) in [4.78, 5) is 21.7. The van der Waals surface area contributed by atoms with E-state index in [1.165, 1.54) is 0 Å². The molecule has 0 radical (unpaired) electrons. The second kappa shape index (κ2) is 8.22. The summed E-state index contributed by atoms with van der Waals surface area (Å²) in [7, 11) is 1.60. The number of anilines is 1. The number of aromatic nitrogens is 4. The summed E-state index contributed by atoms with van der Waals surface area (Å²) >= 11 is 0. The molecule has 8 heteroatoms. The summed E-state index contributed by atoms with van der Waals surface area (Å²) < 4.78 is 12.8. The summed E-state index contributed by atoms with van der Waals surface area (Å²) in [5, 5.41) is 7.63. The number of carbonyl (C=O) groups is 1. The number of aryl methyl sites for hydroxylation is 3. The molecule has 3 heterocycles. The predicted molar refractivity (Wildman–Crippen MR) is 117 cm³/mol. The van der Waals surface area contributed by atoms with Crippen molar-refractivity contribution in [1.29, 1.82) is 0 Å². The molecule has 0 saturated carbocycles. The van der Waals surface area contributed by atoms with Gasteiger partial charge in [-0.05, 0) is 44.5 Å². The fraction of sp³-hybridized carbons (Fsp3) is 0.304. The summed E-state index contributed by atoms with van der Waals surface area (Å²) in [6.07, 6.45) is 1.99. The van der Waals surface area contributed by atoms with Crippen LogP contribution in [0.4, 0.5) is 5.82 Å². The molecule has 4 rings (SSSR count). The first kappa shape index (κ1) is 20.6. The number of carbonyl (C=O) groups excluding carboxylic acids is 1. The Hall–Kier alpha value is -3.68. The van der Waals surface area contributed by atoms with Crippen LogP contribution in [0.5, 0.6) is 11.5 Å². The third kappa shape index (κ3) is 3.88. The molecule has 0 saturated heterocycles. The van der Waals surface area contributed by atoms with Gasteiger partial charge < -0.3 is 14.8 Å². The van der Waals surface area contributed by atoms with E-state index < -0.39 is 0 Å². The molecule has 3 aromatic rings. The molecule has 1 amide bonds. The van der Waals surface area contributed by atoms with Crippen LogP contribution in [0.25, 0.3) is 5.95 Å². The highest BCUT2D eigenvalue weighted by Gasteiger charge is 2.33. The molecule has 1 N–H and O–H groups in total. The highest BCUT2D eigenvalue weighted by Crippen LogP contribution is 2.42. The lowest BCUT2D eigenvalue weighted by atomic mass is 9.85. The maximum atomic E-state index is 12.6. The minimum absolute atomic E-state index is 0.0889. The molecule has 160 valence electrons. The first-order valence-electron chi connectivity index (χ1n) is 10.0. The molecule has 0 aliphatic carbocycles. The highest BCUT2D eigenvalue weighted by molar-refractivity contribution is 5.95. The SMILES string of the molecule is C=CCOc1ccc(C2CC(=O)Nc3c2c(C)nn3-c2nc(C)cc(C)n2)cc1OC. The summed E-state index contributed by atoms with van der Waals surface area (Å²) in [6, 6.07) is 7.63. The van der Waals surface area contributed by atoms with Crippen LogP contribution in [-0.4, -0.2) is 39.4 Å². The van der Waals surface area contributed by atoms with Crippen LogP contribution in [-0.2, 0) is 4.79 Å². The summed E-state index contributed by atoms with van der Waals surface area (Å²) in [5.41, 5.74) is 4.38. The molecular formula is C23H25N5O3. The van der Waals surface area contributed by atoms with Gasteiger partial charge in [-0.15, -0.1) is 0 Å². The van der Waals surface area contributed by atoms with E-state index in [0.29, 0.717) is 36.3 Å². The fourth-order valence-electron chi connectivity index (χ4n) is 3.95. The Bertz CT molecular complexity index is 1150. The van der Waals surface area contributed by atoms with Gasteiger partial charge in [-0.2, -0.15) is 9.78 Å². The lowest BCUT2D eigenvalue weighted by Gasteiger charge is -2.25. The van der Waals surface area contributed by atoms with E-state index in [1.54, 1.807) is 17.9 Å². The number of nitrogens with zero attached hydrogens (tertiary/aromatic N) is 4. The van der Waals surface area contributed by atoms with E-state index >= 15 is 0 Å². The van der Waals surface area contributed by atoms with Crippen LogP contribution in [0, 0.1) is 20.8 Å². The van der Waals surface area contributed by atoms with Gasteiger partial charge in [0.2, 0.25) is 5.91 Å². The maximum absolute atomic E-state index is 12.6. The van der Waals surface area contributed by atoms with Crippen LogP contribution in [0.3, 0.4) is 0 Å². The molecule has 0 spiro atoms. The number of hydrogen-bond donors (Lipinski definition) is 1. The summed E-state index contributed by atoms with van der Waals surface area (Å²) in [6.45, 7) is 9.80. The van der Waals surface area contributed by atoms with Crippen molar-refractivity contribution in [3.63, 3.8) is 0 Å². The van der Waals surface area contributed by atoms with Crippen LogP contribution in [0.2, 0.25) is 0 Å². The zero-order chi connectivity index (χ0) is 22.1. The van der Waals surface area contributed by atoms with E-state index in [0.717, 1.165) is 28.2 Å². The van der Waals surface area contributed by atoms with E-state index in [4.69, 9.17) is 9.47 Å². The van der Waals surface area contributed by atoms with E-state index in [9.17, 15) is 4.79 Å². The Labute approximate surface area is 180 Å². The second-order valence-corrected chi connectivity index (χ2v) is 7.53. The van der Waals surface area contributed by atoms with Gasteiger partial charge in [-0.1, -0.05) is 18.7 Å². The third-order valence-corrected chi connectivity index (χ3v) is 5.21. The van der Waals surface area contributed by atoms with Crippen molar-refractivity contribution in [3.05, 3.63) is 65.1 Å². The standard InChI is InChI=1S/C23H25N5O3/c1-6-9-31-18-8-7-16(11-19(18)30-5)17-12-20(29)26-22-21(17)15(4)27-28(22)23-24-13(2)10-14(3)25-23/h6-8,10-11,17H,1,9,12H2,2-5H3,(H,26,29). The normalized spacial score (nSPS) is 15.2. The van der Waals surface area contributed by atoms with Crippen molar-refractivity contribution in [2.24, 2.45) is 0 Å². The number of nitrogens with one attached hydrogen (secondary N) is 1. The van der Waals surface area contributed by atoms with Gasteiger partial charge in [-0.25, -0.2) is 9.97 Å². The molecule has 8 nitrogen and oxygen atoms in total. The molecule has 1 aliphatic rings. The monoisotopic (exact) mass is 419 g/mol. The van der Waals surface area contributed by atoms with E-state index in [1.807, 2.05) is 45.0 Å². The van der Waals surface area contributed by atoms with Crippen molar-refractivity contribution >= 4 is 11.7 Å². The van der Waals surface area contributed by atoms with Gasteiger partial charge in [0.25, 0.3) is 5.95 Å². The van der Waals surface area contributed by atoms with Crippen molar-refractivity contribution < 1.29 is 14.3 Å². The predicted octanol–water partition coefficient (Wildman–Crippen LogP) is 3.64. The Morgan fingerprint density at radius 3 is 2.61 bits per heavy atom. The quantitative estimate of drug-likeness (QED) is 0.614. The second-order valence-electron chi connectivity index (χ2n) is 7.53. The minimum atomic E-state index is -0.175. The van der Waals surface area contributed by atoms with Crippen molar-refractivity contribution in [1.82, 2.24) is 19.7 Å². The fourth-order valence-corrected chi connectivity index (χ4v) is 3.95. The Kier molecular flexibility index (Phi) is 5.46. The Morgan fingerprint density at radius 1 is 1.19 bits per heavy atom. The topological polar surface area (TPSA) is 91.2 Å². The maximum Gasteiger partial charge on any atom is 0.252 e. The smallest absolute Gasteiger partial charge is 0.252 e. The number of methoxy groups -OCH3 is 1. The number of amides is 1. The molecular weight excluding hydrogens is 394 g/mol.